The van der Waals surface area contributed by atoms with Crippen LogP contribution >= 0.6 is 0 Å². The molecule has 21 heavy (non-hydrogen) atoms. The van der Waals surface area contributed by atoms with Gasteiger partial charge in [-0.15, -0.1) is 0 Å². The Hall–Kier alpha value is -1.24. The third-order valence-corrected chi connectivity index (χ3v) is 4.84. The van der Waals surface area contributed by atoms with Crippen molar-refractivity contribution in [3.63, 3.8) is 0 Å². The number of hydrogen-bond acceptors (Lipinski definition) is 3. The smallest absolute Gasteiger partial charge is 0.309 e. The van der Waals surface area contributed by atoms with E-state index in [4.69, 9.17) is 4.18 Å². The molecule has 0 bridgehead atoms. The Balaban J connectivity index is 2.03. The highest BCUT2D eigenvalue weighted by Gasteiger charge is 2.57. The fraction of sp³-hybridized carbons (Fsp3) is 0.571. The Bertz CT molecular complexity index is 609. The van der Waals surface area contributed by atoms with Crippen molar-refractivity contribution >= 4 is 10.1 Å². The van der Waals surface area contributed by atoms with Crippen molar-refractivity contribution in [1.29, 1.82) is 0 Å². The number of rotatable bonds is 6. The van der Waals surface area contributed by atoms with Gasteiger partial charge in [0.15, 0.2) is 0 Å². The Labute approximate surface area is 122 Å². The summed E-state index contributed by atoms with van der Waals surface area (Å²) in [7, 11) is -3.93. The SMILES string of the molecule is CC(C)(CF)CS(=O)(=O)Oc1ccc(C2CC2(F)F)cc1. The van der Waals surface area contributed by atoms with Crippen molar-refractivity contribution < 1.29 is 25.8 Å². The summed E-state index contributed by atoms with van der Waals surface area (Å²) in [5.74, 6) is -3.88. The van der Waals surface area contributed by atoms with E-state index in [2.05, 4.69) is 0 Å². The molecule has 118 valence electrons. The van der Waals surface area contributed by atoms with E-state index >= 15 is 0 Å². The maximum Gasteiger partial charge on any atom is 0.309 e. The van der Waals surface area contributed by atoms with Crippen LogP contribution in [0.4, 0.5) is 13.2 Å². The number of benzene rings is 1. The van der Waals surface area contributed by atoms with E-state index in [1.165, 1.54) is 38.1 Å². The molecule has 2 rings (SSSR count). The van der Waals surface area contributed by atoms with Crippen molar-refractivity contribution in [1.82, 2.24) is 0 Å². The molecule has 0 heterocycles. The molecule has 1 fully saturated rings. The Morgan fingerprint density at radius 1 is 1.29 bits per heavy atom. The lowest BCUT2D eigenvalue weighted by molar-refractivity contribution is 0.112. The molecule has 1 unspecified atom stereocenters. The second kappa shape index (κ2) is 5.19. The number of alkyl halides is 3. The maximum atomic E-state index is 12.9. The predicted octanol–water partition coefficient (Wildman–Crippen LogP) is 3.51. The van der Waals surface area contributed by atoms with Gasteiger partial charge in [-0.2, -0.15) is 8.42 Å². The molecule has 0 spiro atoms. The van der Waals surface area contributed by atoms with Crippen LogP contribution in [-0.4, -0.2) is 26.8 Å². The average Bonchev–Trinajstić information content (AvgIpc) is 2.97. The predicted molar refractivity (Wildman–Crippen MR) is 72.9 cm³/mol. The maximum absolute atomic E-state index is 12.9. The lowest BCUT2D eigenvalue weighted by Crippen LogP contribution is -2.28. The molecule has 1 atom stereocenters. The van der Waals surface area contributed by atoms with Gasteiger partial charge >= 0.3 is 10.1 Å². The zero-order valence-electron chi connectivity index (χ0n) is 11.8. The average molecular weight is 322 g/mol. The first-order valence-electron chi connectivity index (χ1n) is 6.51. The summed E-state index contributed by atoms with van der Waals surface area (Å²) in [4.78, 5) is 0. The van der Waals surface area contributed by atoms with Crippen molar-refractivity contribution in [3.8, 4) is 5.75 Å². The zero-order valence-corrected chi connectivity index (χ0v) is 12.6. The van der Waals surface area contributed by atoms with Gasteiger partial charge in [0.05, 0.1) is 18.3 Å². The van der Waals surface area contributed by atoms with Crippen molar-refractivity contribution in [3.05, 3.63) is 29.8 Å². The second-order valence-corrected chi connectivity index (χ2v) is 7.74. The fourth-order valence-electron chi connectivity index (χ4n) is 2.02. The molecule has 0 saturated heterocycles. The lowest BCUT2D eigenvalue weighted by Gasteiger charge is -2.19. The third kappa shape index (κ3) is 4.12. The zero-order chi connectivity index (χ0) is 15.9. The largest absolute Gasteiger partial charge is 0.382 e. The van der Waals surface area contributed by atoms with Crippen LogP contribution in [0.3, 0.4) is 0 Å². The molecule has 0 amide bonds. The molecule has 1 aliphatic rings. The highest BCUT2D eigenvalue weighted by Crippen LogP contribution is 2.55. The summed E-state index contributed by atoms with van der Waals surface area (Å²) < 4.78 is 67.0. The number of halogens is 3. The monoisotopic (exact) mass is 322 g/mol. The van der Waals surface area contributed by atoms with Gasteiger partial charge in [0.1, 0.15) is 5.75 Å². The molecule has 7 heteroatoms. The summed E-state index contributed by atoms with van der Waals surface area (Å²) in [6, 6.07) is 5.53. The van der Waals surface area contributed by atoms with Gasteiger partial charge in [-0.25, -0.2) is 8.78 Å². The molecule has 0 N–H and O–H groups in total. The Morgan fingerprint density at radius 3 is 2.24 bits per heavy atom. The molecule has 1 saturated carbocycles. The van der Waals surface area contributed by atoms with Crippen LogP contribution in [0, 0.1) is 5.41 Å². The molecule has 0 radical (unpaired) electrons. The third-order valence-electron chi connectivity index (χ3n) is 3.26. The fourth-order valence-corrected chi connectivity index (χ4v) is 3.52. The van der Waals surface area contributed by atoms with E-state index in [-0.39, 0.29) is 12.2 Å². The molecule has 3 nitrogen and oxygen atoms in total. The van der Waals surface area contributed by atoms with Gasteiger partial charge < -0.3 is 4.18 Å². The molecular weight excluding hydrogens is 305 g/mol. The van der Waals surface area contributed by atoms with Crippen LogP contribution < -0.4 is 4.18 Å². The van der Waals surface area contributed by atoms with E-state index in [0.29, 0.717) is 5.56 Å². The van der Waals surface area contributed by atoms with E-state index in [0.717, 1.165) is 0 Å². The summed E-state index contributed by atoms with van der Waals surface area (Å²) in [5, 5.41) is 0. The Morgan fingerprint density at radius 2 is 1.81 bits per heavy atom. The van der Waals surface area contributed by atoms with Crippen molar-refractivity contribution in [2.45, 2.75) is 32.1 Å². The number of hydrogen-bond donors (Lipinski definition) is 0. The molecular formula is C14H17F3O3S. The first kappa shape index (κ1) is 16.1. The minimum absolute atomic E-state index is 0.0392. The van der Waals surface area contributed by atoms with Crippen LogP contribution in [0.15, 0.2) is 24.3 Å². The normalized spacial score (nSPS) is 21.1. The van der Waals surface area contributed by atoms with Crippen LogP contribution in [0.2, 0.25) is 0 Å². The quantitative estimate of drug-likeness (QED) is 0.753. The highest BCUT2D eigenvalue weighted by molar-refractivity contribution is 7.87. The van der Waals surface area contributed by atoms with Gasteiger partial charge in [0.2, 0.25) is 0 Å². The summed E-state index contributed by atoms with van der Waals surface area (Å²) in [5.41, 5.74) is -0.580. The minimum atomic E-state index is -3.93. The molecule has 1 aliphatic carbocycles. The molecule has 0 aliphatic heterocycles. The van der Waals surface area contributed by atoms with Crippen LogP contribution in [-0.2, 0) is 10.1 Å². The van der Waals surface area contributed by atoms with Gasteiger partial charge in [-0.05, 0) is 17.7 Å². The van der Waals surface area contributed by atoms with E-state index in [9.17, 15) is 21.6 Å². The van der Waals surface area contributed by atoms with Gasteiger partial charge in [-0.3, -0.25) is 4.39 Å². The standard InChI is InChI=1S/C14H17F3O3S/c1-13(2,8-15)9-21(18,19)20-11-5-3-10(4-6-11)12-7-14(12,16)17/h3-6,12H,7-9H2,1-2H3. The van der Waals surface area contributed by atoms with Crippen LogP contribution in [0.25, 0.3) is 0 Å². The highest BCUT2D eigenvalue weighted by atomic mass is 32.2. The molecule has 1 aromatic rings. The topological polar surface area (TPSA) is 43.4 Å². The Kier molecular flexibility index (Phi) is 3.99. The van der Waals surface area contributed by atoms with Crippen molar-refractivity contribution in [2.75, 3.05) is 12.4 Å². The lowest BCUT2D eigenvalue weighted by atomic mass is 9.99. The van der Waals surface area contributed by atoms with Gasteiger partial charge in [0, 0.05) is 11.8 Å². The molecule has 0 aromatic heterocycles. The summed E-state index contributed by atoms with van der Waals surface area (Å²) >= 11 is 0. The summed E-state index contributed by atoms with van der Waals surface area (Å²) in [6.45, 7) is 2.17. The van der Waals surface area contributed by atoms with Gasteiger partial charge in [-0.1, -0.05) is 26.0 Å². The summed E-state index contributed by atoms with van der Waals surface area (Å²) in [6.07, 6.45) is -0.184. The first-order chi connectivity index (χ1) is 9.55. The second-order valence-electron chi connectivity index (χ2n) is 6.17. The van der Waals surface area contributed by atoms with Gasteiger partial charge in [0.25, 0.3) is 5.92 Å². The molecule has 1 aromatic carbocycles. The van der Waals surface area contributed by atoms with E-state index in [1.807, 2.05) is 0 Å². The van der Waals surface area contributed by atoms with Crippen LogP contribution in [0.1, 0.15) is 31.7 Å². The van der Waals surface area contributed by atoms with Crippen LogP contribution in [0.5, 0.6) is 5.75 Å². The van der Waals surface area contributed by atoms with Crippen molar-refractivity contribution in [2.24, 2.45) is 5.41 Å². The van der Waals surface area contributed by atoms with E-state index in [1.54, 1.807) is 0 Å². The first-order valence-corrected chi connectivity index (χ1v) is 8.08. The minimum Gasteiger partial charge on any atom is -0.382 e. The van der Waals surface area contributed by atoms with E-state index < -0.39 is 39.8 Å².